The van der Waals surface area contributed by atoms with Gasteiger partial charge in [0.1, 0.15) is 23.8 Å². The van der Waals surface area contributed by atoms with Gasteiger partial charge >= 0.3 is 5.97 Å². The number of hydrogen-bond donors (Lipinski definition) is 1. The lowest BCUT2D eigenvalue weighted by atomic mass is 10.3. The first-order valence-corrected chi connectivity index (χ1v) is 6.63. The molecule has 0 radical (unpaired) electrons. The van der Waals surface area contributed by atoms with E-state index in [1.165, 1.54) is 12.1 Å². The number of hydrogen-bond acceptors (Lipinski definition) is 4. The van der Waals surface area contributed by atoms with E-state index in [1.807, 2.05) is 18.2 Å². The molecule has 3 aromatic rings. The van der Waals surface area contributed by atoms with E-state index >= 15 is 0 Å². The highest BCUT2D eigenvalue weighted by molar-refractivity contribution is 5.88. The summed E-state index contributed by atoms with van der Waals surface area (Å²) in [5, 5.41) is 8.98. The lowest BCUT2D eigenvalue weighted by Crippen LogP contribution is -2.02. The maximum absolute atomic E-state index is 10.9. The van der Waals surface area contributed by atoms with E-state index in [0.717, 1.165) is 11.4 Å². The van der Waals surface area contributed by atoms with Gasteiger partial charge in [0.15, 0.2) is 0 Å². The molecule has 6 heteroatoms. The largest absolute Gasteiger partial charge is 0.497 e. The Hall–Kier alpha value is -3.02. The first kappa shape index (κ1) is 13.9. The maximum atomic E-state index is 10.9. The molecule has 112 valence electrons. The van der Waals surface area contributed by atoms with Crippen LogP contribution in [0.5, 0.6) is 11.5 Å². The van der Waals surface area contributed by atoms with Crippen molar-refractivity contribution in [2.24, 2.45) is 0 Å². The molecule has 0 spiro atoms. The van der Waals surface area contributed by atoms with Gasteiger partial charge in [-0.25, -0.2) is 9.78 Å². The topological polar surface area (TPSA) is 73.1 Å². The molecule has 3 rings (SSSR count). The molecule has 0 unspecified atom stereocenters. The summed E-state index contributed by atoms with van der Waals surface area (Å²) in [4.78, 5) is 15.2. The van der Waals surface area contributed by atoms with Gasteiger partial charge in [-0.15, -0.1) is 0 Å². The van der Waals surface area contributed by atoms with Crippen molar-refractivity contribution in [2.75, 3.05) is 7.11 Å². The highest BCUT2D eigenvalue weighted by Gasteiger charge is 2.08. The molecular weight excluding hydrogens is 284 g/mol. The number of rotatable bonds is 5. The van der Waals surface area contributed by atoms with Gasteiger partial charge in [-0.2, -0.15) is 0 Å². The maximum Gasteiger partial charge on any atom is 0.335 e. The number of aromatic carboxylic acids is 1. The number of pyridine rings is 1. The Kier molecular flexibility index (Phi) is 3.65. The minimum atomic E-state index is -0.973. The summed E-state index contributed by atoms with van der Waals surface area (Å²) in [6, 6.07) is 10.4. The van der Waals surface area contributed by atoms with Gasteiger partial charge in [0.05, 0.1) is 24.6 Å². The van der Waals surface area contributed by atoms with Crippen molar-refractivity contribution in [3.63, 3.8) is 0 Å². The summed E-state index contributed by atoms with van der Waals surface area (Å²) in [6.45, 7) is 0.320. The van der Waals surface area contributed by atoms with Crippen LogP contribution in [0.25, 0.3) is 5.65 Å². The van der Waals surface area contributed by atoms with Crippen molar-refractivity contribution in [1.29, 1.82) is 0 Å². The van der Waals surface area contributed by atoms with Crippen LogP contribution in [0.15, 0.2) is 48.8 Å². The van der Waals surface area contributed by atoms with E-state index in [9.17, 15) is 4.79 Å². The summed E-state index contributed by atoms with van der Waals surface area (Å²) in [7, 11) is 1.60. The summed E-state index contributed by atoms with van der Waals surface area (Å²) in [6.07, 6.45) is 3.34. The standard InChI is InChI=1S/C16H14N2O4/c1-21-13-3-2-4-14(8-13)22-10-12-9-17-15-7-11(16(19)20)5-6-18(12)15/h2-9H,10H2,1H3,(H,19,20). The molecule has 2 aromatic heterocycles. The summed E-state index contributed by atoms with van der Waals surface area (Å²) >= 11 is 0. The molecule has 0 aliphatic rings. The molecule has 0 amide bonds. The van der Waals surface area contributed by atoms with E-state index in [1.54, 1.807) is 30.0 Å². The Morgan fingerprint density at radius 2 is 2.09 bits per heavy atom. The molecule has 0 saturated heterocycles. The number of carboxylic acid groups (broad SMARTS) is 1. The summed E-state index contributed by atoms with van der Waals surface area (Å²) < 4.78 is 12.7. The first-order valence-electron chi connectivity index (χ1n) is 6.63. The van der Waals surface area contributed by atoms with Crippen molar-refractivity contribution in [3.8, 4) is 11.5 Å². The molecular formula is C16H14N2O4. The van der Waals surface area contributed by atoms with Crippen LogP contribution in [-0.2, 0) is 6.61 Å². The van der Waals surface area contributed by atoms with Crippen LogP contribution < -0.4 is 9.47 Å². The third-order valence-electron chi connectivity index (χ3n) is 3.26. The predicted octanol–water partition coefficient (Wildman–Crippen LogP) is 2.62. The zero-order chi connectivity index (χ0) is 15.5. The van der Waals surface area contributed by atoms with Gasteiger partial charge < -0.3 is 19.0 Å². The van der Waals surface area contributed by atoms with Gasteiger partial charge in [0, 0.05) is 12.3 Å². The monoisotopic (exact) mass is 298 g/mol. The van der Waals surface area contributed by atoms with Crippen LogP contribution in [0.3, 0.4) is 0 Å². The normalized spacial score (nSPS) is 10.6. The van der Waals surface area contributed by atoms with Crippen molar-refractivity contribution >= 4 is 11.6 Å². The highest BCUT2D eigenvalue weighted by atomic mass is 16.5. The molecule has 6 nitrogen and oxygen atoms in total. The van der Waals surface area contributed by atoms with E-state index in [4.69, 9.17) is 14.6 Å². The minimum Gasteiger partial charge on any atom is -0.497 e. The Morgan fingerprint density at radius 1 is 1.27 bits per heavy atom. The van der Waals surface area contributed by atoms with E-state index in [0.29, 0.717) is 18.0 Å². The molecule has 0 aliphatic heterocycles. The van der Waals surface area contributed by atoms with Gasteiger partial charge in [-0.3, -0.25) is 0 Å². The van der Waals surface area contributed by atoms with Crippen molar-refractivity contribution < 1.29 is 19.4 Å². The van der Waals surface area contributed by atoms with Gasteiger partial charge in [-0.1, -0.05) is 6.07 Å². The number of nitrogens with zero attached hydrogens (tertiary/aromatic N) is 2. The quantitative estimate of drug-likeness (QED) is 0.784. The third-order valence-corrected chi connectivity index (χ3v) is 3.26. The summed E-state index contributed by atoms with van der Waals surface area (Å²) in [5.41, 5.74) is 1.61. The fourth-order valence-corrected chi connectivity index (χ4v) is 2.12. The fraction of sp³-hybridized carbons (Fsp3) is 0.125. The second-order valence-electron chi connectivity index (χ2n) is 4.67. The Balaban J connectivity index is 1.80. The fourth-order valence-electron chi connectivity index (χ4n) is 2.12. The van der Waals surface area contributed by atoms with E-state index < -0.39 is 5.97 Å². The third kappa shape index (κ3) is 2.71. The lowest BCUT2D eigenvalue weighted by molar-refractivity contribution is 0.0697. The molecule has 0 fully saturated rings. The minimum absolute atomic E-state index is 0.207. The van der Waals surface area contributed by atoms with E-state index in [2.05, 4.69) is 4.98 Å². The van der Waals surface area contributed by atoms with Crippen LogP contribution in [0.4, 0.5) is 0 Å². The molecule has 0 saturated carbocycles. The number of methoxy groups -OCH3 is 1. The molecule has 0 atom stereocenters. The van der Waals surface area contributed by atoms with Crippen LogP contribution in [0.1, 0.15) is 16.1 Å². The van der Waals surface area contributed by atoms with Crippen LogP contribution >= 0.6 is 0 Å². The zero-order valence-corrected chi connectivity index (χ0v) is 11.9. The van der Waals surface area contributed by atoms with Gasteiger partial charge in [0.25, 0.3) is 0 Å². The molecule has 22 heavy (non-hydrogen) atoms. The van der Waals surface area contributed by atoms with Crippen molar-refractivity contribution in [1.82, 2.24) is 9.38 Å². The average molecular weight is 298 g/mol. The second kappa shape index (κ2) is 5.77. The van der Waals surface area contributed by atoms with Gasteiger partial charge in [-0.05, 0) is 24.3 Å². The Labute approximate surface area is 126 Å². The molecule has 0 bridgehead atoms. The van der Waals surface area contributed by atoms with Crippen LogP contribution in [0, 0.1) is 0 Å². The number of aromatic nitrogens is 2. The zero-order valence-electron chi connectivity index (χ0n) is 11.9. The number of benzene rings is 1. The van der Waals surface area contributed by atoms with Gasteiger partial charge in [0.2, 0.25) is 0 Å². The number of ether oxygens (including phenoxy) is 2. The first-order chi connectivity index (χ1) is 10.7. The number of carbonyl (C=O) groups is 1. The SMILES string of the molecule is COc1cccc(OCc2cnc3cc(C(=O)O)ccn23)c1. The van der Waals surface area contributed by atoms with Crippen molar-refractivity contribution in [2.45, 2.75) is 6.61 Å². The Morgan fingerprint density at radius 3 is 2.86 bits per heavy atom. The molecule has 1 N–H and O–H groups in total. The predicted molar refractivity (Wildman–Crippen MR) is 79.5 cm³/mol. The average Bonchev–Trinajstić information content (AvgIpc) is 2.95. The van der Waals surface area contributed by atoms with E-state index in [-0.39, 0.29) is 5.56 Å². The van der Waals surface area contributed by atoms with Crippen LogP contribution in [-0.4, -0.2) is 27.6 Å². The summed E-state index contributed by atoms with van der Waals surface area (Å²) in [5.74, 6) is 0.442. The molecule has 1 aromatic carbocycles. The molecule has 2 heterocycles. The second-order valence-corrected chi connectivity index (χ2v) is 4.67. The number of fused-ring (bicyclic) bond motifs is 1. The number of imidazole rings is 1. The number of carboxylic acids is 1. The van der Waals surface area contributed by atoms with Crippen LogP contribution in [0.2, 0.25) is 0 Å². The highest BCUT2D eigenvalue weighted by Crippen LogP contribution is 2.20. The molecule has 0 aliphatic carbocycles. The Bertz CT molecular complexity index is 826. The smallest absolute Gasteiger partial charge is 0.335 e. The lowest BCUT2D eigenvalue weighted by Gasteiger charge is -2.07. The van der Waals surface area contributed by atoms with Crippen molar-refractivity contribution in [3.05, 3.63) is 60.0 Å².